The lowest BCUT2D eigenvalue weighted by molar-refractivity contribution is -0.121. The lowest BCUT2D eigenvalue weighted by Crippen LogP contribution is -2.39. The second-order valence-electron chi connectivity index (χ2n) is 9.50. The van der Waals surface area contributed by atoms with E-state index in [4.69, 9.17) is 14.7 Å². The molecule has 1 saturated heterocycles. The maximum absolute atomic E-state index is 12.7. The van der Waals surface area contributed by atoms with Crippen LogP contribution in [0.1, 0.15) is 43.0 Å². The molecule has 7 heteroatoms. The van der Waals surface area contributed by atoms with Gasteiger partial charge in [0.2, 0.25) is 5.91 Å². The van der Waals surface area contributed by atoms with Crippen LogP contribution >= 0.6 is 0 Å². The van der Waals surface area contributed by atoms with Crippen molar-refractivity contribution in [3.05, 3.63) is 66.0 Å². The summed E-state index contributed by atoms with van der Waals surface area (Å²) in [5, 5.41) is 4.13. The summed E-state index contributed by atoms with van der Waals surface area (Å²) in [6.45, 7) is 6.67. The van der Waals surface area contributed by atoms with Crippen LogP contribution in [0, 0.1) is 0 Å². The van der Waals surface area contributed by atoms with Crippen LogP contribution in [0.5, 0.6) is 0 Å². The molecule has 0 unspecified atom stereocenters. The zero-order valence-electron chi connectivity index (χ0n) is 20.4. The molecule has 1 amide bonds. The Hall–Kier alpha value is -3.03. The van der Waals surface area contributed by atoms with Gasteiger partial charge in [-0.1, -0.05) is 42.5 Å². The monoisotopic (exact) mass is 473 g/mol. The maximum Gasteiger partial charge on any atom is 0.222 e. The van der Waals surface area contributed by atoms with Crippen molar-refractivity contribution in [3.63, 3.8) is 0 Å². The number of fused-ring (bicyclic) bond motifs is 1. The maximum atomic E-state index is 12.7. The van der Waals surface area contributed by atoms with E-state index in [1.54, 1.807) is 0 Å². The van der Waals surface area contributed by atoms with Crippen molar-refractivity contribution >= 4 is 22.6 Å². The number of morpholine rings is 1. The Morgan fingerprint density at radius 3 is 2.57 bits per heavy atom. The van der Waals surface area contributed by atoms with Gasteiger partial charge >= 0.3 is 0 Å². The molecule has 184 valence electrons. The van der Waals surface area contributed by atoms with Crippen molar-refractivity contribution in [2.45, 2.75) is 38.1 Å². The normalized spacial score (nSPS) is 16.3. The number of ether oxygens (including phenoxy) is 1. The summed E-state index contributed by atoms with van der Waals surface area (Å²) in [7, 11) is 0. The number of rotatable bonds is 11. The van der Waals surface area contributed by atoms with Gasteiger partial charge in [0, 0.05) is 57.0 Å². The molecule has 1 aliphatic heterocycles. The molecule has 2 heterocycles. The average molecular weight is 474 g/mol. The molecule has 1 N–H and O–H groups in total. The highest BCUT2D eigenvalue weighted by Gasteiger charge is 2.28. The second-order valence-corrected chi connectivity index (χ2v) is 9.50. The van der Waals surface area contributed by atoms with Gasteiger partial charge in [0.1, 0.15) is 11.6 Å². The van der Waals surface area contributed by atoms with Gasteiger partial charge < -0.3 is 15.0 Å². The highest BCUT2D eigenvalue weighted by atomic mass is 16.5. The van der Waals surface area contributed by atoms with E-state index in [0.29, 0.717) is 25.4 Å². The van der Waals surface area contributed by atoms with Crippen LogP contribution in [0.15, 0.2) is 54.6 Å². The minimum atomic E-state index is 0.0628. The zero-order valence-corrected chi connectivity index (χ0v) is 20.4. The lowest BCUT2D eigenvalue weighted by Gasteiger charge is -2.29. The third kappa shape index (κ3) is 6.55. The number of aromatic nitrogens is 2. The van der Waals surface area contributed by atoms with E-state index < -0.39 is 0 Å². The molecule has 0 radical (unpaired) electrons. The number of nitrogens with zero attached hydrogens (tertiary/aromatic N) is 4. The third-order valence-corrected chi connectivity index (χ3v) is 6.79. The van der Waals surface area contributed by atoms with Crippen LogP contribution in [-0.4, -0.2) is 66.7 Å². The van der Waals surface area contributed by atoms with Gasteiger partial charge in [-0.3, -0.25) is 9.69 Å². The number of carbonyl (C=O) groups is 1. The summed E-state index contributed by atoms with van der Waals surface area (Å²) in [6, 6.07) is 18.3. The Morgan fingerprint density at radius 2 is 1.77 bits per heavy atom. The molecule has 0 atom stereocenters. The summed E-state index contributed by atoms with van der Waals surface area (Å²) < 4.78 is 5.49. The first-order valence-electron chi connectivity index (χ1n) is 12.9. The highest BCUT2D eigenvalue weighted by Crippen LogP contribution is 2.39. The van der Waals surface area contributed by atoms with Gasteiger partial charge in [-0.15, -0.1) is 0 Å². The number of para-hydroxylation sites is 1. The molecule has 0 bridgehead atoms. The molecule has 7 nitrogen and oxygen atoms in total. The zero-order chi connectivity index (χ0) is 23.9. The van der Waals surface area contributed by atoms with E-state index in [2.05, 4.69) is 27.2 Å². The molecule has 1 aliphatic carbocycles. The summed E-state index contributed by atoms with van der Waals surface area (Å²) in [6.07, 6.45) is 3.78. The van der Waals surface area contributed by atoms with Crippen LogP contribution in [0.2, 0.25) is 0 Å². The van der Waals surface area contributed by atoms with Crippen molar-refractivity contribution < 1.29 is 9.53 Å². The standard InChI is InChI=1S/C28H35N5O2/c34-26(29-21-22-7-2-1-3-8-22)13-16-33(15-6-14-32-17-19-35-20-18-32)28-24-9-4-5-10-25(24)30-27(31-28)23-11-12-23/h1-5,7-10,23H,6,11-21H2,(H,29,34). The van der Waals surface area contributed by atoms with E-state index in [-0.39, 0.29) is 5.91 Å². The van der Waals surface area contributed by atoms with E-state index in [1.807, 2.05) is 42.5 Å². The number of nitrogens with one attached hydrogen (secondary N) is 1. The number of hydrogen-bond acceptors (Lipinski definition) is 6. The summed E-state index contributed by atoms with van der Waals surface area (Å²) in [4.78, 5) is 27.4. The van der Waals surface area contributed by atoms with E-state index >= 15 is 0 Å². The fourth-order valence-electron chi connectivity index (χ4n) is 4.60. The quantitative estimate of drug-likeness (QED) is 0.458. The first kappa shape index (κ1) is 23.7. The third-order valence-electron chi connectivity index (χ3n) is 6.79. The number of amides is 1. The Labute approximate surface area is 207 Å². The summed E-state index contributed by atoms with van der Waals surface area (Å²) >= 11 is 0. The molecule has 2 aromatic carbocycles. The number of carbonyl (C=O) groups excluding carboxylic acids is 1. The van der Waals surface area contributed by atoms with Crippen LogP contribution < -0.4 is 10.2 Å². The fraction of sp³-hybridized carbons (Fsp3) is 0.464. The smallest absolute Gasteiger partial charge is 0.222 e. The minimum Gasteiger partial charge on any atom is -0.379 e. The molecular weight excluding hydrogens is 438 g/mol. The molecular formula is C28H35N5O2. The second kappa shape index (κ2) is 11.6. The van der Waals surface area contributed by atoms with Crippen molar-refractivity contribution in [3.8, 4) is 0 Å². The molecule has 5 rings (SSSR count). The lowest BCUT2D eigenvalue weighted by atomic mass is 10.2. The van der Waals surface area contributed by atoms with Crippen LogP contribution in [0.25, 0.3) is 10.9 Å². The first-order valence-corrected chi connectivity index (χ1v) is 12.9. The molecule has 0 spiro atoms. The minimum absolute atomic E-state index is 0.0628. The number of hydrogen-bond donors (Lipinski definition) is 1. The average Bonchev–Trinajstić information content (AvgIpc) is 3.76. The van der Waals surface area contributed by atoms with Gasteiger partial charge in [-0.05, 0) is 37.0 Å². The Kier molecular flexibility index (Phi) is 7.85. The van der Waals surface area contributed by atoms with Crippen molar-refractivity contribution in [1.82, 2.24) is 20.2 Å². The predicted octanol–water partition coefficient (Wildman–Crippen LogP) is 3.74. The van der Waals surface area contributed by atoms with Crippen LogP contribution in [0.4, 0.5) is 5.82 Å². The number of anilines is 1. The topological polar surface area (TPSA) is 70.6 Å². The molecule has 35 heavy (non-hydrogen) atoms. The Balaban J connectivity index is 1.29. The molecule has 1 aromatic heterocycles. The first-order chi connectivity index (χ1) is 17.3. The fourth-order valence-corrected chi connectivity index (χ4v) is 4.60. The van der Waals surface area contributed by atoms with Crippen LogP contribution in [0.3, 0.4) is 0 Å². The predicted molar refractivity (Wildman–Crippen MR) is 139 cm³/mol. The van der Waals surface area contributed by atoms with Crippen molar-refractivity contribution in [2.75, 3.05) is 50.8 Å². The van der Waals surface area contributed by atoms with E-state index in [0.717, 1.165) is 86.8 Å². The summed E-state index contributed by atoms with van der Waals surface area (Å²) in [5.41, 5.74) is 2.10. The van der Waals surface area contributed by atoms with Gasteiger partial charge in [0.15, 0.2) is 0 Å². The summed E-state index contributed by atoms with van der Waals surface area (Å²) in [5.74, 6) is 2.45. The van der Waals surface area contributed by atoms with Gasteiger partial charge in [-0.25, -0.2) is 9.97 Å². The molecule has 1 saturated carbocycles. The van der Waals surface area contributed by atoms with Gasteiger partial charge in [0.05, 0.1) is 18.7 Å². The van der Waals surface area contributed by atoms with E-state index in [9.17, 15) is 4.79 Å². The van der Waals surface area contributed by atoms with Gasteiger partial charge in [-0.2, -0.15) is 0 Å². The Bertz CT molecular complexity index is 1110. The molecule has 3 aromatic rings. The molecule has 2 fully saturated rings. The largest absolute Gasteiger partial charge is 0.379 e. The Morgan fingerprint density at radius 1 is 1.00 bits per heavy atom. The highest BCUT2D eigenvalue weighted by molar-refractivity contribution is 5.90. The van der Waals surface area contributed by atoms with Crippen molar-refractivity contribution in [2.24, 2.45) is 0 Å². The SMILES string of the molecule is O=C(CCN(CCCN1CCOCC1)c1nc(C2CC2)nc2ccccc12)NCc1ccccc1. The van der Waals surface area contributed by atoms with Crippen LogP contribution in [-0.2, 0) is 16.1 Å². The number of benzene rings is 2. The van der Waals surface area contributed by atoms with Crippen molar-refractivity contribution in [1.29, 1.82) is 0 Å². The molecule has 2 aliphatic rings. The van der Waals surface area contributed by atoms with E-state index in [1.165, 1.54) is 0 Å². The van der Waals surface area contributed by atoms with Gasteiger partial charge in [0.25, 0.3) is 0 Å².